The minimum absolute atomic E-state index is 0.117. The first kappa shape index (κ1) is 23.7. The lowest BCUT2D eigenvalue weighted by Gasteiger charge is -2.18. The van der Waals surface area contributed by atoms with E-state index in [-0.39, 0.29) is 27.3 Å². The number of aryl methyl sites for hydroxylation is 1. The Kier molecular flexibility index (Phi) is 4.61. The molecular weight excluding hydrogens is 509 g/mol. The second-order valence-electron chi connectivity index (χ2n) is 10.1. The van der Waals surface area contributed by atoms with E-state index in [9.17, 15) is 35.7 Å². The van der Waals surface area contributed by atoms with Crippen molar-refractivity contribution in [2.45, 2.75) is 6.92 Å². The summed E-state index contributed by atoms with van der Waals surface area (Å²) in [6.45, 7) is 1.86. The van der Waals surface area contributed by atoms with E-state index in [1.807, 2.05) is 55.5 Å². The van der Waals surface area contributed by atoms with Crippen LogP contribution in [0.2, 0.25) is 0 Å². The third-order valence-corrected chi connectivity index (χ3v) is 8.00. The topological polar surface area (TPSA) is 147 Å². The van der Waals surface area contributed by atoms with Gasteiger partial charge in [-0.2, -0.15) is 0 Å². The molecule has 0 atom stereocenters. The number of benzene rings is 6. The zero-order chi connectivity index (χ0) is 28.2. The summed E-state index contributed by atoms with van der Waals surface area (Å²) in [6.07, 6.45) is 0. The predicted molar refractivity (Wildman–Crippen MR) is 158 cm³/mol. The molecule has 0 aliphatic heterocycles. The molecule has 6 aromatic carbocycles. The van der Waals surface area contributed by atoms with Gasteiger partial charge in [0.15, 0.2) is 28.7 Å². The molecule has 0 saturated heterocycles. The van der Waals surface area contributed by atoms with Gasteiger partial charge in [0.2, 0.25) is 11.5 Å². The Balaban J connectivity index is 1.77. The molecule has 40 heavy (non-hydrogen) atoms. The molecule has 7 rings (SSSR count). The monoisotopic (exact) mass is 531 g/mol. The molecule has 0 radical (unpaired) electrons. The second kappa shape index (κ2) is 7.80. The van der Waals surface area contributed by atoms with Gasteiger partial charge in [-0.15, -0.1) is 0 Å². The van der Waals surface area contributed by atoms with Crippen LogP contribution < -0.4 is 5.46 Å². The molecule has 0 aliphatic carbocycles. The summed E-state index contributed by atoms with van der Waals surface area (Å²) in [4.78, 5) is 0. The molecule has 9 heteroatoms. The Morgan fingerprint density at radius 2 is 0.925 bits per heavy atom. The molecule has 8 nitrogen and oxygen atoms in total. The smallest absolute Gasteiger partial charge is 0.206 e. The highest BCUT2D eigenvalue weighted by atomic mass is 16.3. The molecule has 1 aromatic heterocycles. The molecule has 0 spiro atoms. The Bertz CT molecular complexity index is 2190. The Morgan fingerprint density at radius 1 is 0.500 bits per heavy atom. The molecule has 7 N–H and O–H groups in total. The zero-order valence-electron chi connectivity index (χ0n) is 21.4. The van der Waals surface area contributed by atoms with Crippen molar-refractivity contribution in [1.29, 1.82) is 0 Å². The van der Waals surface area contributed by atoms with Gasteiger partial charge >= 0.3 is 0 Å². The SMILES string of the molecule is Bc1c(O)c(O)c(O)c2c3c(O)c(O)c(O)c(O)c3n(-c3cc4c5ccccc5c5ccccc5c4cc3C)c12. The normalized spacial score (nSPS) is 11.9. The van der Waals surface area contributed by atoms with Crippen molar-refractivity contribution in [1.82, 2.24) is 4.57 Å². The summed E-state index contributed by atoms with van der Waals surface area (Å²) in [5, 5.41) is 80.7. The largest absolute Gasteiger partial charge is 0.505 e. The first-order chi connectivity index (χ1) is 19.1. The van der Waals surface area contributed by atoms with Gasteiger partial charge in [-0.1, -0.05) is 48.5 Å². The average molecular weight is 531 g/mol. The van der Waals surface area contributed by atoms with Crippen LogP contribution in [0.1, 0.15) is 5.56 Å². The van der Waals surface area contributed by atoms with Crippen LogP contribution in [0.3, 0.4) is 0 Å². The summed E-state index contributed by atoms with van der Waals surface area (Å²) in [5.74, 6) is -5.64. The summed E-state index contributed by atoms with van der Waals surface area (Å²) < 4.78 is 1.51. The maximum absolute atomic E-state index is 11.1. The predicted octanol–water partition coefficient (Wildman–Crippen LogP) is 4.75. The minimum atomic E-state index is -0.985. The van der Waals surface area contributed by atoms with E-state index in [4.69, 9.17) is 0 Å². The van der Waals surface area contributed by atoms with E-state index < -0.39 is 40.2 Å². The molecule has 196 valence electrons. The Morgan fingerprint density at radius 3 is 1.48 bits per heavy atom. The van der Waals surface area contributed by atoms with Gasteiger partial charge < -0.3 is 40.3 Å². The summed E-state index contributed by atoms with van der Waals surface area (Å²) >= 11 is 0. The molecule has 0 amide bonds. The van der Waals surface area contributed by atoms with Gasteiger partial charge in [-0.25, -0.2) is 0 Å². The van der Waals surface area contributed by atoms with Crippen LogP contribution in [0.25, 0.3) is 59.8 Å². The third kappa shape index (κ3) is 2.75. The lowest BCUT2D eigenvalue weighted by atomic mass is 9.90. The number of rotatable bonds is 1. The minimum Gasteiger partial charge on any atom is -0.505 e. The van der Waals surface area contributed by atoms with E-state index in [2.05, 4.69) is 12.1 Å². The zero-order valence-corrected chi connectivity index (χ0v) is 21.4. The van der Waals surface area contributed by atoms with Crippen molar-refractivity contribution in [3.8, 4) is 45.9 Å². The average Bonchev–Trinajstić information content (AvgIpc) is 3.33. The summed E-state index contributed by atoms with van der Waals surface area (Å²) in [7, 11) is 1.51. The summed E-state index contributed by atoms with van der Waals surface area (Å²) in [5.41, 5.74) is 1.43. The number of phenolic OH excluding ortho intramolecular Hbond substituents is 7. The fourth-order valence-corrected chi connectivity index (χ4v) is 6.12. The molecule has 0 fully saturated rings. The van der Waals surface area contributed by atoms with Gasteiger partial charge in [0.1, 0.15) is 13.4 Å². The van der Waals surface area contributed by atoms with Crippen molar-refractivity contribution in [2.24, 2.45) is 0 Å². The lowest BCUT2D eigenvalue weighted by Crippen LogP contribution is -2.10. The number of fused-ring (bicyclic) bond motifs is 9. The molecule has 0 aliphatic rings. The third-order valence-electron chi connectivity index (χ3n) is 8.00. The molecular formula is C31H22BNO7. The van der Waals surface area contributed by atoms with Gasteiger partial charge in [0.25, 0.3) is 0 Å². The van der Waals surface area contributed by atoms with Gasteiger partial charge in [0, 0.05) is 5.69 Å². The van der Waals surface area contributed by atoms with Crippen molar-refractivity contribution >= 4 is 67.4 Å². The lowest BCUT2D eigenvalue weighted by molar-refractivity contribution is 0.350. The fraction of sp³-hybridized carbons (Fsp3) is 0.0323. The number of aromatic nitrogens is 1. The van der Waals surface area contributed by atoms with E-state index in [1.165, 1.54) is 12.4 Å². The highest BCUT2D eigenvalue weighted by Crippen LogP contribution is 2.56. The van der Waals surface area contributed by atoms with Crippen molar-refractivity contribution in [3.05, 3.63) is 66.2 Å². The maximum Gasteiger partial charge on any atom is 0.206 e. The van der Waals surface area contributed by atoms with Gasteiger partial charge in [-0.3, -0.25) is 0 Å². The highest BCUT2D eigenvalue weighted by molar-refractivity contribution is 6.43. The van der Waals surface area contributed by atoms with Crippen LogP contribution in [-0.4, -0.2) is 48.2 Å². The van der Waals surface area contributed by atoms with Crippen LogP contribution in [0.5, 0.6) is 40.2 Å². The van der Waals surface area contributed by atoms with E-state index >= 15 is 0 Å². The number of nitrogens with zero attached hydrogens (tertiary/aromatic N) is 1. The van der Waals surface area contributed by atoms with Crippen LogP contribution in [0, 0.1) is 6.92 Å². The Hall–Kier alpha value is -5.44. The van der Waals surface area contributed by atoms with E-state index in [1.54, 1.807) is 0 Å². The molecule has 0 bridgehead atoms. The van der Waals surface area contributed by atoms with E-state index in [0.717, 1.165) is 37.9 Å². The van der Waals surface area contributed by atoms with Crippen molar-refractivity contribution < 1.29 is 35.7 Å². The number of hydrogen-bond acceptors (Lipinski definition) is 7. The molecule has 7 aromatic rings. The first-order valence-electron chi connectivity index (χ1n) is 12.5. The fourth-order valence-electron chi connectivity index (χ4n) is 6.12. The van der Waals surface area contributed by atoms with Gasteiger partial charge in [0.05, 0.1) is 16.3 Å². The van der Waals surface area contributed by atoms with Crippen molar-refractivity contribution in [3.63, 3.8) is 0 Å². The van der Waals surface area contributed by atoms with Crippen LogP contribution in [0.15, 0.2) is 60.7 Å². The second-order valence-corrected chi connectivity index (χ2v) is 10.1. The highest BCUT2D eigenvalue weighted by Gasteiger charge is 2.31. The standard InChI is InChI=1S/C31H22BNO7/c1-12-10-17-15-8-4-2-6-13(15)14-7-3-5-9-16(14)18(17)11-19(12)33-23-20(25(34)29(38)27(36)22(23)32)21-24(33)28(37)31(40)30(39)26(21)35/h2-11,34-40H,32H2,1H3. The van der Waals surface area contributed by atoms with Crippen LogP contribution in [-0.2, 0) is 0 Å². The van der Waals surface area contributed by atoms with Crippen LogP contribution in [0.4, 0.5) is 0 Å². The van der Waals surface area contributed by atoms with Crippen molar-refractivity contribution in [2.75, 3.05) is 0 Å². The first-order valence-corrected chi connectivity index (χ1v) is 12.5. The number of aromatic hydroxyl groups is 7. The number of hydrogen-bond donors (Lipinski definition) is 7. The molecule has 0 saturated carbocycles. The van der Waals surface area contributed by atoms with E-state index in [0.29, 0.717) is 5.69 Å². The number of phenols is 7. The van der Waals surface area contributed by atoms with Crippen LogP contribution >= 0.6 is 0 Å². The Labute approximate surface area is 226 Å². The molecule has 1 heterocycles. The van der Waals surface area contributed by atoms with Gasteiger partial charge in [-0.05, 0) is 62.4 Å². The quantitative estimate of drug-likeness (QED) is 0.0701. The molecule has 0 unspecified atom stereocenters. The maximum atomic E-state index is 11.1. The summed E-state index contributed by atoms with van der Waals surface area (Å²) in [6, 6.07) is 20.0.